The molecular formula is C25H34O7. The highest BCUT2D eigenvalue weighted by Crippen LogP contribution is 2.13. The van der Waals surface area contributed by atoms with Crippen molar-refractivity contribution in [2.75, 3.05) is 19.8 Å². The van der Waals surface area contributed by atoms with Crippen LogP contribution in [-0.4, -0.2) is 42.2 Å². The third kappa shape index (κ3) is 15.0. The average molecular weight is 447 g/mol. The lowest BCUT2D eigenvalue weighted by atomic mass is 10.2. The van der Waals surface area contributed by atoms with Crippen molar-refractivity contribution in [1.82, 2.24) is 0 Å². The maximum absolute atomic E-state index is 11.3. The highest BCUT2D eigenvalue weighted by molar-refractivity contribution is 5.69. The number of benzene rings is 2. The number of cyclic esters (lactones) is 1. The van der Waals surface area contributed by atoms with Crippen molar-refractivity contribution < 1.29 is 34.0 Å². The van der Waals surface area contributed by atoms with Crippen molar-refractivity contribution in [2.45, 2.75) is 51.4 Å². The van der Waals surface area contributed by atoms with Crippen LogP contribution in [0.4, 0.5) is 4.79 Å². The van der Waals surface area contributed by atoms with E-state index < -0.39 is 6.16 Å². The highest BCUT2D eigenvalue weighted by Gasteiger charge is 2.06. The van der Waals surface area contributed by atoms with Gasteiger partial charge in [-0.25, -0.2) is 4.79 Å². The molecule has 0 bridgehead atoms. The van der Waals surface area contributed by atoms with Crippen LogP contribution in [-0.2, 0) is 9.53 Å². The Kier molecular flexibility index (Phi) is 16.0. The monoisotopic (exact) mass is 446 g/mol. The van der Waals surface area contributed by atoms with Gasteiger partial charge in [0.05, 0.1) is 6.61 Å². The van der Waals surface area contributed by atoms with E-state index in [4.69, 9.17) is 24.4 Å². The van der Waals surface area contributed by atoms with Gasteiger partial charge in [0.1, 0.15) is 11.5 Å². The Morgan fingerprint density at radius 2 is 1.25 bits per heavy atom. The molecule has 0 saturated carbocycles. The molecule has 0 unspecified atom stereocenters. The van der Waals surface area contributed by atoms with E-state index in [0.717, 1.165) is 44.9 Å². The number of aliphatic hydroxyl groups is 2. The summed E-state index contributed by atoms with van der Waals surface area (Å²) in [5.74, 6) is 0.898. The smallest absolute Gasteiger partial charge is 0.466 e. The van der Waals surface area contributed by atoms with Gasteiger partial charge in [-0.2, -0.15) is 0 Å². The van der Waals surface area contributed by atoms with E-state index in [1.54, 1.807) is 48.5 Å². The first kappa shape index (κ1) is 27.1. The van der Waals surface area contributed by atoms with E-state index in [2.05, 4.69) is 0 Å². The van der Waals surface area contributed by atoms with E-state index >= 15 is 0 Å². The lowest BCUT2D eigenvalue weighted by Gasteiger charge is -2.04. The number of para-hydroxylation sites is 2. The lowest BCUT2D eigenvalue weighted by molar-refractivity contribution is -0.142. The Hall–Kier alpha value is -2.90. The van der Waals surface area contributed by atoms with E-state index in [0.29, 0.717) is 24.5 Å². The molecule has 32 heavy (non-hydrogen) atoms. The van der Waals surface area contributed by atoms with Crippen LogP contribution in [0, 0.1) is 0 Å². The molecule has 2 N–H and O–H groups in total. The molecule has 176 valence electrons. The zero-order chi connectivity index (χ0) is 23.3. The molecule has 0 aromatic heterocycles. The number of hydrogen-bond acceptors (Lipinski definition) is 7. The molecule has 3 rings (SSSR count). The molecule has 1 aliphatic heterocycles. The van der Waals surface area contributed by atoms with Gasteiger partial charge in [0.25, 0.3) is 0 Å². The molecular weight excluding hydrogens is 412 g/mol. The van der Waals surface area contributed by atoms with Crippen molar-refractivity contribution >= 4 is 12.1 Å². The summed E-state index contributed by atoms with van der Waals surface area (Å²) < 4.78 is 14.7. The minimum absolute atomic E-state index is 0.0255. The van der Waals surface area contributed by atoms with E-state index in [1.807, 2.05) is 12.1 Å². The van der Waals surface area contributed by atoms with Crippen molar-refractivity contribution in [3.8, 4) is 11.5 Å². The van der Waals surface area contributed by atoms with E-state index in [-0.39, 0.29) is 19.2 Å². The minimum Gasteiger partial charge on any atom is -0.466 e. The molecule has 0 amide bonds. The molecule has 1 aliphatic rings. The average Bonchev–Trinajstić information content (AvgIpc) is 3.06. The number of aliphatic hydroxyl groups excluding tert-OH is 2. The molecule has 1 fully saturated rings. The molecule has 1 saturated heterocycles. The second kappa shape index (κ2) is 18.8. The second-order valence-electron chi connectivity index (χ2n) is 6.97. The number of ether oxygens (including phenoxy) is 3. The van der Waals surface area contributed by atoms with Crippen molar-refractivity contribution in [3.63, 3.8) is 0 Å². The number of carbonyl (C=O) groups excluding carboxylic acids is 2. The molecule has 0 spiro atoms. The summed E-state index contributed by atoms with van der Waals surface area (Å²) in [6, 6.07) is 17.6. The van der Waals surface area contributed by atoms with Crippen LogP contribution in [0.1, 0.15) is 51.4 Å². The summed E-state index contributed by atoms with van der Waals surface area (Å²) in [7, 11) is 0. The third-order valence-corrected chi connectivity index (χ3v) is 4.24. The van der Waals surface area contributed by atoms with Crippen molar-refractivity contribution in [3.05, 3.63) is 60.7 Å². The number of rotatable bonds is 7. The molecule has 0 atom stereocenters. The normalized spacial score (nSPS) is 12.6. The van der Waals surface area contributed by atoms with E-state index in [1.165, 1.54) is 0 Å². The maximum atomic E-state index is 11.3. The summed E-state index contributed by atoms with van der Waals surface area (Å²) in [5.41, 5.74) is 0. The first-order valence-corrected chi connectivity index (χ1v) is 11.0. The molecule has 1 heterocycles. The largest absolute Gasteiger partial charge is 0.519 e. The summed E-state index contributed by atoms with van der Waals surface area (Å²) in [4.78, 5) is 21.8. The van der Waals surface area contributed by atoms with Crippen molar-refractivity contribution in [1.29, 1.82) is 0 Å². The maximum Gasteiger partial charge on any atom is 0.519 e. The Morgan fingerprint density at radius 3 is 1.72 bits per heavy atom. The van der Waals surface area contributed by atoms with Gasteiger partial charge in [-0.15, -0.1) is 0 Å². The Labute approximate surface area is 189 Å². The van der Waals surface area contributed by atoms with Crippen LogP contribution < -0.4 is 9.47 Å². The van der Waals surface area contributed by atoms with Gasteiger partial charge in [-0.3, -0.25) is 4.79 Å². The van der Waals surface area contributed by atoms with Gasteiger partial charge < -0.3 is 24.4 Å². The highest BCUT2D eigenvalue weighted by atomic mass is 16.7. The number of unbranched alkanes of at least 4 members (excludes halogenated alkanes) is 3. The van der Waals surface area contributed by atoms with Gasteiger partial charge in [0.15, 0.2) is 0 Å². The first-order chi connectivity index (χ1) is 15.7. The SMILES string of the molecule is O=C(Oc1ccccc1)Oc1ccccc1.O=C1CCCCCO1.OCCCCCCO. The Bertz CT molecular complexity index is 660. The Balaban J connectivity index is 0.000000270. The van der Waals surface area contributed by atoms with Crippen LogP contribution in [0.25, 0.3) is 0 Å². The van der Waals surface area contributed by atoms with Gasteiger partial charge in [0, 0.05) is 19.6 Å². The third-order valence-electron chi connectivity index (χ3n) is 4.24. The molecule has 2 aromatic carbocycles. The lowest BCUT2D eigenvalue weighted by Crippen LogP contribution is -2.13. The zero-order valence-electron chi connectivity index (χ0n) is 18.5. The predicted octanol–water partition coefficient (Wildman–Crippen LogP) is 4.90. The molecule has 0 radical (unpaired) electrons. The summed E-state index contributed by atoms with van der Waals surface area (Å²) in [6.45, 7) is 1.20. The number of hydrogen-bond donors (Lipinski definition) is 2. The predicted molar refractivity (Wildman–Crippen MR) is 122 cm³/mol. The van der Waals surface area contributed by atoms with Gasteiger partial charge in [0.2, 0.25) is 0 Å². The van der Waals surface area contributed by atoms with Crippen LogP contribution in [0.2, 0.25) is 0 Å². The second-order valence-corrected chi connectivity index (χ2v) is 6.97. The van der Waals surface area contributed by atoms with Gasteiger partial charge in [-0.1, -0.05) is 49.2 Å². The van der Waals surface area contributed by atoms with Crippen LogP contribution >= 0.6 is 0 Å². The Morgan fingerprint density at radius 1 is 0.750 bits per heavy atom. The fourth-order valence-electron chi connectivity index (χ4n) is 2.57. The topological polar surface area (TPSA) is 102 Å². The summed E-state index contributed by atoms with van der Waals surface area (Å²) in [5, 5.41) is 16.6. The van der Waals surface area contributed by atoms with Gasteiger partial charge >= 0.3 is 12.1 Å². The number of carbonyl (C=O) groups is 2. The fraction of sp³-hybridized carbons (Fsp3) is 0.440. The number of esters is 1. The van der Waals surface area contributed by atoms with E-state index in [9.17, 15) is 9.59 Å². The van der Waals surface area contributed by atoms with Crippen LogP contribution in [0.15, 0.2) is 60.7 Å². The molecule has 7 nitrogen and oxygen atoms in total. The quantitative estimate of drug-likeness (QED) is 0.354. The van der Waals surface area contributed by atoms with Crippen LogP contribution in [0.5, 0.6) is 11.5 Å². The van der Waals surface area contributed by atoms with Crippen LogP contribution in [0.3, 0.4) is 0 Å². The van der Waals surface area contributed by atoms with Gasteiger partial charge in [-0.05, 0) is 56.4 Å². The first-order valence-electron chi connectivity index (χ1n) is 11.0. The minimum atomic E-state index is -0.739. The fourth-order valence-corrected chi connectivity index (χ4v) is 2.57. The standard InChI is InChI=1S/C13H10O3.C6H10O2.C6H14O2/c14-13(15-11-7-3-1-4-8-11)16-12-9-5-2-6-10-12;7-6-4-2-1-3-5-8-6;7-5-3-1-2-4-6-8/h1-10H;1-5H2;7-8H,1-6H2. The summed E-state index contributed by atoms with van der Waals surface area (Å²) >= 11 is 0. The molecule has 7 heteroatoms. The van der Waals surface area contributed by atoms with Crippen molar-refractivity contribution in [2.24, 2.45) is 0 Å². The molecule has 2 aromatic rings. The molecule has 0 aliphatic carbocycles. The zero-order valence-corrected chi connectivity index (χ0v) is 18.5. The summed E-state index contributed by atoms with van der Waals surface area (Å²) in [6.07, 6.45) is 6.92.